The van der Waals surface area contributed by atoms with Gasteiger partial charge in [0.1, 0.15) is 5.75 Å². The molecule has 2 amide bonds. The molecule has 0 radical (unpaired) electrons. The van der Waals surface area contributed by atoms with Crippen LogP contribution < -0.4 is 15.4 Å². The fourth-order valence-electron chi connectivity index (χ4n) is 4.65. The van der Waals surface area contributed by atoms with Gasteiger partial charge in [0.2, 0.25) is 0 Å². The molecule has 3 heterocycles. The lowest BCUT2D eigenvalue weighted by molar-refractivity contribution is 0.00202. The van der Waals surface area contributed by atoms with Gasteiger partial charge in [-0.1, -0.05) is 30.3 Å². The van der Waals surface area contributed by atoms with Crippen molar-refractivity contribution in [1.82, 2.24) is 15.2 Å². The summed E-state index contributed by atoms with van der Waals surface area (Å²) in [7, 11) is 1.62. The second-order valence-electron chi connectivity index (χ2n) is 7.75. The lowest BCUT2D eigenvalue weighted by Gasteiger charge is -2.59. The Morgan fingerprint density at radius 3 is 2.43 bits per heavy atom. The van der Waals surface area contributed by atoms with E-state index in [0.29, 0.717) is 5.92 Å². The first-order chi connectivity index (χ1) is 14.7. The van der Waals surface area contributed by atoms with Gasteiger partial charge in [0.15, 0.2) is 0 Å². The SMILES string of the molecule is COc1cccc(NC(=O)N2[C@@H]3CNC[C@H]2C3c2ccc(-c3ccncc3)cc2)c1. The topological polar surface area (TPSA) is 66.5 Å². The molecule has 5 rings (SSSR count). The number of methoxy groups -OCH3 is 1. The van der Waals surface area contributed by atoms with Crippen molar-refractivity contribution in [3.8, 4) is 16.9 Å². The molecule has 0 aliphatic carbocycles. The summed E-state index contributed by atoms with van der Waals surface area (Å²) in [5.74, 6) is 1.08. The van der Waals surface area contributed by atoms with Crippen molar-refractivity contribution in [2.75, 3.05) is 25.5 Å². The summed E-state index contributed by atoms with van der Waals surface area (Å²) >= 11 is 0. The third kappa shape index (κ3) is 3.29. The van der Waals surface area contributed by atoms with E-state index in [1.165, 1.54) is 11.1 Å². The van der Waals surface area contributed by atoms with Crippen LogP contribution in [0, 0.1) is 0 Å². The van der Waals surface area contributed by atoms with Crippen LogP contribution in [0.15, 0.2) is 73.1 Å². The molecular weight excluding hydrogens is 376 g/mol. The molecule has 1 aromatic heterocycles. The highest BCUT2D eigenvalue weighted by atomic mass is 16.5. The second-order valence-corrected chi connectivity index (χ2v) is 7.75. The summed E-state index contributed by atoms with van der Waals surface area (Å²) < 4.78 is 5.25. The maximum atomic E-state index is 13.0. The number of ether oxygens (including phenoxy) is 1. The average Bonchev–Trinajstić information content (AvgIpc) is 2.80. The van der Waals surface area contributed by atoms with Crippen LogP contribution in [0.5, 0.6) is 5.75 Å². The van der Waals surface area contributed by atoms with Crippen molar-refractivity contribution in [1.29, 1.82) is 0 Å². The number of piperazine rings is 1. The lowest BCUT2D eigenvalue weighted by Crippen LogP contribution is -2.74. The van der Waals surface area contributed by atoms with Gasteiger partial charge >= 0.3 is 6.03 Å². The first-order valence-corrected chi connectivity index (χ1v) is 10.2. The van der Waals surface area contributed by atoms with Crippen LogP contribution in [0.2, 0.25) is 0 Å². The molecule has 152 valence electrons. The standard InChI is InChI=1S/C24H24N4O2/c1-30-20-4-2-3-19(13-20)27-24(29)28-21-14-26-15-22(28)23(21)18-7-5-16(6-8-18)17-9-11-25-12-10-17/h2-13,21-23,26H,14-15H2,1H3,(H,27,29)/t21-,22+,23?. The highest BCUT2D eigenvalue weighted by molar-refractivity contribution is 5.91. The van der Waals surface area contributed by atoms with E-state index in [1.54, 1.807) is 7.11 Å². The molecule has 2 N–H and O–H groups in total. The van der Waals surface area contributed by atoms with Crippen molar-refractivity contribution in [2.24, 2.45) is 0 Å². The molecule has 3 atom stereocenters. The highest BCUT2D eigenvalue weighted by Crippen LogP contribution is 2.43. The van der Waals surface area contributed by atoms with Gasteiger partial charge in [0.05, 0.1) is 19.2 Å². The summed E-state index contributed by atoms with van der Waals surface area (Å²) in [6.45, 7) is 1.61. The molecule has 2 aliphatic rings. The fourth-order valence-corrected chi connectivity index (χ4v) is 4.65. The Kier molecular flexibility index (Phi) is 4.85. The Hall–Kier alpha value is -3.38. The quantitative estimate of drug-likeness (QED) is 0.700. The van der Waals surface area contributed by atoms with Gasteiger partial charge in [-0.05, 0) is 41.0 Å². The molecule has 6 nitrogen and oxygen atoms in total. The number of amides is 2. The Balaban J connectivity index is 1.31. The minimum atomic E-state index is -0.0515. The van der Waals surface area contributed by atoms with Gasteiger partial charge in [-0.15, -0.1) is 0 Å². The number of nitrogens with zero attached hydrogens (tertiary/aromatic N) is 2. The fraction of sp³-hybridized carbons (Fsp3) is 0.250. The molecule has 2 fully saturated rings. The van der Waals surface area contributed by atoms with Crippen molar-refractivity contribution in [3.63, 3.8) is 0 Å². The summed E-state index contributed by atoms with van der Waals surface area (Å²) in [5.41, 5.74) is 4.37. The number of benzene rings is 2. The Morgan fingerprint density at radius 2 is 1.73 bits per heavy atom. The van der Waals surface area contributed by atoms with Crippen LogP contribution in [-0.4, -0.2) is 48.2 Å². The zero-order chi connectivity index (χ0) is 20.5. The number of piperidine rings is 1. The zero-order valence-electron chi connectivity index (χ0n) is 16.8. The number of aromatic nitrogens is 1. The average molecular weight is 400 g/mol. The van der Waals surface area contributed by atoms with Crippen LogP contribution in [0.3, 0.4) is 0 Å². The van der Waals surface area contributed by atoms with E-state index in [-0.39, 0.29) is 18.1 Å². The molecule has 2 saturated heterocycles. The lowest BCUT2D eigenvalue weighted by atomic mass is 9.72. The summed E-state index contributed by atoms with van der Waals surface area (Å²) in [6, 6.07) is 20.5. The molecule has 30 heavy (non-hydrogen) atoms. The molecule has 3 aromatic rings. The maximum Gasteiger partial charge on any atom is 0.322 e. The van der Waals surface area contributed by atoms with Crippen molar-refractivity contribution in [3.05, 3.63) is 78.6 Å². The van der Waals surface area contributed by atoms with Gasteiger partial charge in [0.25, 0.3) is 0 Å². The van der Waals surface area contributed by atoms with Crippen molar-refractivity contribution >= 4 is 11.7 Å². The molecule has 2 aliphatic heterocycles. The van der Waals surface area contributed by atoms with Crippen LogP contribution in [0.1, 0.15) is 11.5 Å². The van der Waals surface area contributed by atoms with Crippen LogP contribution >= 0.6 is 0 Å². The largest absolute Gasteiger partial charge is 0.497 e. The molecular formula is C24H24N4O2. The number of hydrogen-bond acceptors (Lipinski definition) is 4. The minimum absolute atomic E-state index is 0.0515. The highest BCUT2D eigenvalue weighted by Gasteiger charge is 2.53. The van der Waals surface area contributed by atoms with Gasteiger partial charge < -0.3 is 20.3 Å². The number of fused-ring (bicyclic) bond motifs is 2. The predicted molar refractivity (Wildman–Crippen MR) is 117 cm³/mol. The van der Waals surface area contributed by atoms with E-state index >= 15 is 0 Å². The molecule has 0 saturated carbocycles. The number of carbonyl (C=O) groups is 1. The Morgan fingerprint density at radius 1 is 1.03 bits per heavy atom. The Bertz CT molecular complexity index is 1030. The third-order valence-corrected chi connectivity index (χ3v) is 6.12. The smallest absolute Gasteiger partial charge is 0.322 e. The van der Waals surface area contributed by atoms with E-state index in [2.05, 4.69) is 39.9 Å². The molecule has 2 aromatic carbocycles. The van der Waals surface area contributed by atoms with Gasteiger partial charge in [-0.25, -0.2) is 4.79 Å². The van der Waals surface area contributed by atoms with Crippen LogP contribution in [0.25, 0.3) is 11.1 Å². The van der Waals surface area contributed by atoms with Crippen molar-refractivity contribution < 1.29 is 9.53 Å². The number of nitrogens with one attached hydrogen (secondary N) is 2. The molecule has 2 bridgehead atoms. The van der Waals surface area contributed by atoms with Gasteiger partial charge in [-0.2, -0.15) is 0 Å². The number of hydrogen-bond donors (Lipinski definition) is 2. The van der Waals surface area contributed by atoms with E-state index in [9.17, 15) is 4.79 Å². The summed E-state index contributed by atoms with van der Waals surface area (Å²) in [4.78, 5) is 19.0. The normalized spacial score (nSPS) is 22.2. The first-order valence-electron chi connectivity index (χ1n) is 10.2. The minimum Gasteiger partial charge on any atom is -0.497 e. The van der Waals surface area contributed by atoms with E-state index < -0.39 is 0 Å². The summed E-state index contributed by atoms with van der Waals surface area (Å²) in [5, 5.41) is 6.46. The van der Waals surface area contributed by atoms with Gasteiger partial charge in [0, 0.05) is 43.2 Å². The molecule has 6 heteroatoms. The van der Waals surface area contributed by atoms with Crippen LogP contribution in [-0.2, 0) is 0 Å². The summed E-state index contributed by atoms with van der Waals surface area (Å²) in [6.07, 6.45) is 3.62. The molecule has 0 spiro atoms. The first kappa shape index (κ1) is 18.6. The predicted octanol–water partition coefficient (Wildman–Crippen LogP) is 3.73. The molecule has 1 unspecified atom stereocenters. The number of rotatable bonds is 4. The second kappa shape index (κ2) is 7.80. The van der Waals surface area contributed by atoms with E-state index in [1.807, 2.05) is 53.7 Å². The number of pyridine rings is 1. The van der Waals surface area contributed by atoms with Crippen LogP contribution in [0.4, 0.5) is 10.5 Å². The van der Waals surface area contributed by atoms with E-state index in [0.717, 1.165) is 30.1 Å². The number of urea groups is 1. The monoisotopic (exact) mass is 400 g/mol. The Labute approximate surface area is 175 Å². The van der Waals surface area contributed by atoms with E-state index in [4.69, 9.17) is 4.74 Å². The van der Waals surface area contributed by atoms with Gasteiger partial charge in [-0.3, -0.25) is 4.98 Å². The number of carbonyl (C=O) groups excluding carboxylic acids is 1. The zero-order valence-corrected chi connectivity index (χ0v) is 16.8. The maximum absolute atomic E-state index is 13.0. The van der Waals surface area contributed by atoms with Crippen molar-refractivity contribution in [2.45, 2.75) is 18.0 Å². The third-order valence-electron chi connectivity index (χ3n) is 6.12. The number of anilines is 1.